The van der Waals surface area contributed by atoms with Gasteiger partial charge in [0.2, 0.25) is 0 Å². The van der Waals surface area contributed by atoms with Crippen LogP contribution in [0.25, 0.3) is 0 Å². The maximum Gasteiger partial charge on any atom is 0.277 e. The van der Waals surface area contributed by atoms with Crippen molar-refractivity contribution >= 4 is 51.3 Å². The predicted molar refractivity (Wildman–Crippen MR) is 101 cm³/mol. The molecule has 0 radical (unpaired) electrons. The first-order chi connectivity index (χ1) is 11.4. The van der Waals surface area contributed by atoms with Crippen LogP contribution in [0.3, 0.4) is 0 Å². The summed E-state index contributed by atoms with van der Waals surface area (Å²) in [5.74, 6) is 0.330. The van der Waals surface area contributed by atoms with E-state index >= 15 is 0 Å². The zero-order valence-electron chi connectivity index (χ0n) is 13.1. The highest BCUT2D eigenvalue weighted by molar-refractivity contribution is 9.10. The van der Waals surface area contributed by atoms with Crippen LogP contribution in [0, 0.1) is 13.8 Å². The number of hydrogen-bond donors (Lipinski definition) is 1. The van der Waals surface area contributed by atoms with Gasteiger partial charge in [-0.3, -0.25) is 4.79 Å². The zero-order chi connectivity index (χ0) is 17.7. The molecule has 0 bridgehead atoms. The van der Waals surface area contributed by atoms with Crippen molar-refractivity contribution in [3.63, 3.8) is 0 Å². The quantitative estimate of drug-likeness (QED) is 0.542. The summed E-state index contributed by atoms with van der Waals surface area (Å²) < 4.78 is 6.55. The van der Waals surface area contributed by atoms with Gasteiger partial charge in [-0.2, -0.15) is 5.10 Å². The van der Waals surface area contributed by atoms with E-state index < -0.39 is 0 Å². The molecule has 0 unspecified atom stereocenters. The highest BCUT2D eigenvalue weighted by atomic mass is 79.9. The lowest BCUT2D eigenvalue weighted by atomic mass is 10.1. The van der Waals surface area contributed by atoms with Crippen molar-refractivity contribution in [3.8, 4) is 5.75 Å². The van der Waals surface area contributed by atoms with E-state index in [0.717, 1.165) is 15.6 Å². The van der Waals surface area contributed by atoms with Crippen molar-refractivity contribution in [1.82, 2.24) is 5.43 Å². The number of benzene rings is 2. The third-order valence-electron chi connectivity index (χ3n) is 3.13. The van der Waals surface area contributed by atoms with Gasteiger partial charge in [-0.1, -0.05) is 45.2 Å². The molecular weight excluding hydrogens is 415 g/mol. The molecule has 2 aromatic carbocycles. The van der Waals surface area contributed by atoms with Crippen LogP contribution in [0.15, 0.2) is 39.9 Å². The Hall–Kier alpha value is -1.56. The van der Waals surface area contributed by atoms with E-state index in [2.05, 4.69) is 26.5 Å². The van der Waals surface area contributed by atoms with Gasteiger partial charge in [-0.15, -0.1) is 0 Å². The molecule has 0 spiro atoms. The lowest BCUT2D eigenvalue weighted by Crippen LogP contribution is -2.25. The molecule has 4 nitrogen and oxygen atoms in total. The summed E-state index contributed by atoms with van der Waals surface area (Å²) in [4.78, 5) is 11.8. The zero-order valence-corrected chi connectivity index (χ0v) is 16.2. The number of carbonyl (C=O) groups excluding carboxylic acids is 1. The largest absolute Gasteiger partial charge is 0.483 e. The van der Waals surface area contributed by atoms with Crippen molar-refractivity contribution in [2.24, 2.45) is 5.10 Å². The topological polar surface area (TPSA) is 50.7 Å². The van der Waals surface area contributed by atoms with E-state index in [9.17, 15) is 4.79 Å². The molecule has 24 heavy (non-hydrogen) atoms. The Kier molecular flexibility index (Phi) is 6.66. The van der Waals surface area contributed by atoms with E-state index in [0.29, 0.717) is 21.4 Å². The van der Waals surface area contributed by atoms with Gasteiger partial charge in [0.25, 0.3) is 5.91 Å². The van der Waals surface area contributed by atoms with Crippen molar-refractivity contribution in [3.05, 3.63) is 61.5 Å². The lowest BCUT2D eigenvalue weighted by Gasteiger charge is -2.11. The van der Waals surface area contributed by atoms with E-state index in [1.165, 1.54) is 6.21 Å². The minimum Gasteiger partial charge on any atom is -0.483 e. The van der Waals surface area contributed by atoms with Crippen LogP contribution in [0.1, 0.15) is 16.7 Å². The molecule has 1 N–H and O–H groups in total. The Morgan fingerprint density at radius 1 is 1.25 bits per heavy atom. The fourth-order valence-electron chi connectivity index (χ4n) is 2.08. The molecule has 0 aliphatic heterocycles. The van der Waals surface area contributed by atoms with E-state index in [1.807, 2.05) is 26.0 Å². The second kappa shape index (κ2) is 8.51. The Labute approximate surface area is 158 Å². The van der Waals surface area contributed by atoms with Crippen LogP contribution in [0.5, 0.6) is 5.75 Å². The molecule has 0 atom stereocenters. The summed E-state index contributed by atoms with van der Waals surface area (Å²) >= 11 is 15.3. The van der Waals surface area contributed by atoms with E-state index in [1.54, 1.807) is 18.2 Å². The van der Waals surface area contributed by atoms with Crippen LogP contribution in [-0.4, -0.2) is 18.7 Å². The van der Waals surface area contributed by atoms with Crippen LogP contribution in [0.2, 0.25) is 10.0 Å². The molecular formula is C17H15BrCl2N2O2. The summed E-state index contributed by atoms with van der Waals surface area (Å²) in [6, 6.07) is 8.88. The Bertz CT molecular complexity index is 771. The first-order valence-corrected chi connectivity index (χ1v) is 8.58. The number of aryl methyl sites for hydroxylation is 2. The standard InChI is InChI=1S/C17H15BrCl2N2O2/c1-10-5-13(18)6-11(2)17(10)24-9-16(23)22-21-8-12-3-4-14(19)7-15(12)20/h3-8H,9H2,1-2H3,(H,22,23)/b21-8+. The average molecular weight is 430 g/mol. The molecule has 2 rings (SSSR count). The summed E-state index contributed by atoms with van der Waals surface area (Å²) in [6.07, 6.45) is 1.45. The number of nitrogens with one attached hydrogen (secondary N) is 1. The third-order valence-corrected chi connectivity index (χ3v) is 4.15. The molecule has 0 heterocycles. The SMILES string of the molecule is Cc1cc(Br)cc(C)c1OCC(=O)N/N=C/c1ccc(Cl)cc1Cl. The van der Waals surface area contributed by atoms with Crippen molar-refractivity contribution in [1.29, 1.82) is 0 Å². The van der Waals surface area contributed by atoms with Crippen LogP contribution < -0.4 is 10.2 Å². The molecule has 0 saturated heterocycles. The Balaban J connectivity index is 1.91. The monoisotopic (exact) mass is 428 g/mol. The van der Waals surface area contributed by atoms with Crippen molar-refractivity contribution in [2.75, 3.05) is 6.61 Å². The van der Waals surface area contributed by atoms with Crippen LogP contribution in [-0.2, 0) is 4.79 Å². The van der Waals surface area contributed by atoms with Gasteiger partial charge in [0.1, 0.15) is 5.75 Å². The second-order valence-electron chi connectivity index (χ2n) is 5.12. The second-order valence-corrected chi connectivity index (χ2v) is 6.88. The highest BCUT2D eigenvalue weighted by Gasteiger charge is 2.08. The van der Waals surface area contributed by atoms with Crippen LogP contribution >= 0.6 is 39.1 Å². The predicted octanol–water partition coefficient (Wildman–Crippen LogP) is 4.90. The number of hydrogen-bond acceptors (Lipinski definition) is 3. The molecule has 0 saturated carbocycles. The summed E-state index contributed by atoms with van der Waals surface area (Å²) in [5, 5.41) is 4.86. The van der Waals surface area contributed by atoms with Gasteiger partial charge in [0.15, 0.2) is 6.61 Å². The maximum absolute atomic E-state index is 11.8. The fourth-order valence-corrected chi connectivity index (χ4v) is 3.22. The van der Waals surface area contributed by atoms with E-state index in [-0.39, 0.29) is 12.5 Å². The Morgan fingerprint density at radius 2 is 1.92 bits per heavy atom. The number of amides is 1. The molecule has 0 fully saturated rings. The smallest absolute Gasteiger partial charge is 0.277 e. The minimum absolute atomic E-state index is 0.130. The first kappa shape index (κ1) is 18.8. The van der Waals surface area contributed by atoms with Crippen molar-refractivity contribution < 1.29 is 9.53 Å². The lowest BCUT2D eigenvalue weighted by molar-refractivity contribution is -0.123. The van der Waals surface area contributed by atoms with E-state index in [4.69, 9.17) is 27.9 Å². The average Bonchev–Trinajstić information content (AvgIpc) is 2.48. The van der Waals surface area contributed by atoms with Gasteiger partial charge in [-0.25, -0.2) is 5.43 Å². The number of nitrogens with zero attached hydrogens (tertiary/aromatic N) is 1. The molecule has 1 amide bonds. The first-order valence-electron chi connectivity index (χ1n) is 7.03. The number of halogens is 3. The molecule has 7 heteroatoms. The van der Waals surface area contributed by atoms with Gasteiger partial charge < -0.3 is 4.74 Å². The number of hydrazone groups is 1. The molecule has 126 valence electrons. The van der Waals surface area contributed by atoms with Gasteiger partial charge in [-0.05, 0) is 49.2 Å². The van der Waals surface area contributed by atoms with Gasteiger partial charge >= 0.3 is 0 Å². The minimum atomic E-state index is -0.363. The molecule has 0 aliphatic rings. The number of carbonyl (C=O) groups is 1. The Morgan fingerprint density at radius 3 is 2.54 bits per heavy atom. The van der Waals surface area contributed by atoms with Crippen molar-refractivity contribution in [2.45, 2.75) is 13.8 Å². The molecule has 0 aliphatic carbocycles. The normalized spacial score (nSPS) is 10.9. The maximum atomic E-state index is 11.8. The summed E-state index contributed by atoms with van der Waals surface area (Å²) in [7, 11) is 0. The van der Waals surface area contributed by atoms with Gasteiger partial charge in [0.05, 0.1) is 11.2 Å². The highest BCUT2D eigenvalue weighted by Crippen LogP contribution is 2.27. The van der Waals surface area contributed by atoms with Crippen LogP contribution in [0.4, 0.5) is 0 Å². The summed E-state index contributed by atoms with van der Waals surface area (Å²) in [6.45, 7) is 3.71. The number of rotatable bonds is 5. The third kappa shape index (κ3) is 5.23. The fraction of sp³-hybridized carbons (Fsp3) is 0.176. The molecule has 0 aromatic heterocycles. The molecule has 2 aromatic rings. The number of ether oxygens (including phenoxy) is 1. The van der Waals surface area contributed by atoms with Gasteiger partial charge in [0, 0.05) is 15.1 Å². The summed E-state index contributed by atoms with van der Waals surface area (Å²) in [5.41, 5.74) is 4.95.